The summed E-state index contributed by atoms with van der Waals surface area (Å²) in [6.07, 6.45) is -1.13. The van der Waals surface area contributed by atoms with Gasteiger partial charge < -0.3 is 19.0 Å². The molecular weight excluding hydrogens is 402 g/mol. The highest BCUT2D eigenvalue weighted by atomic mass is 16.7. The van der Waals surface area contributed by atoms with E-state index < -0.39 is 28.8 Å². The highest BCUT2D eigenvalue weighted by molar-refractivity contribution is 6.10. The molecule has 9 nitrogen and oxygen atoms in total. The van der Waals surface area contributed by atoms with Crippen molar-refractivity contribution in [2.75, 3.05) is 5.32 Å². The largest absolute Gasteiger partial charge is 0.447 e. The number of aromatic nitrogens is 1. The summed E-state index contributed by atoms with van der Waals surface area (Å²) >= 11 is 0. The SMILES string of the molecule is CCn1c2ccccc2c2cc(NC(=O)[C@H](C)OC(=O)c3ccc([N+](=O)[O-])o3)ccc21. The maximum atomic E-state index is 12.5. The van der Waals surface area contributed by atoms with Crippen LogP contribution in [0.5, 0.6) is 0 Å². The van der Waals surface area contributed by atoms with Gasteiger partial charge in [0.15, 0.2) is 6.10 Å². The highest BCUT2D eigenvalue weighted by Gasteiger charge is 2.23. The van der Waals surface area contributed by atoms with Gasteiger partial charge in [0.1, 0.15) is 4.92 Å². The van der Waals surface area contributed by atoms with E-state index in [1.165, 1.54) is 6.92 Å². The number of hydrogen-bond acceptors (Lipinski definition) is 6. The van der Waals surface area contributed by atoms with Gasteiger partial charge in [-0.25, -0.2) is 4.79 Å². The predicted molar refractivity (Wildman–Crippen MR) is 114 cm³/mol. The molecule has 0 unspecified atom stereocenters. The molecule has 0 spiro atoms. The number of anilines is 1. The Morgan fingerprint density at radius 2 is 1.87 bits per heavy atom. The van der Waals surface area contributed by atoms with Crippen LogP contribution in [0.3, 0.4) is 0 Å². The van der Waals surface area contributed by atoms with Crippen LogP contribution in [0.1, 0.15) is 24.4 Å². The second-order valence-electron chi connectivity index (χ2n) is 6.93. The van der Waals surface area contributed by atoms with Gasteiger partial charge in [0, 0.05) is 34.0 Å². The fraction of sp³-hybridized carbons (Fsp3) is 0.182. The number of fused-ring (bicyclic) bond motifs is 3. The number of nitrogens with one attached hydrogen (secondary N) is 1. The first kappa shape index (κ1) is 20.1. The van der Waals surface area contributed by atoms with Crippen molar-refractivity contribution < 1.29 is 23.7 Å². The van der Waals surface area contributed by atoms with Gasteiger partial charge in [-0.05, 0) is 44.2 Å². The van der Waals surface area contributed by atoms with E-state index in [2.05, 4.69) is 22.9 Å². The second-order valence-corrected chi connectivity index (χ2v) is 6.93. The average Bonchev–Trinajstić information content (AvgIpc) is 3.37. The molecule has 0 aliphatic heterocycles. The predicted octanol–water partition coefficient (Wildman–Crippen LogP) is 4.50. The van der Waals surface area contributed by atoms with Crippen molar-refractivity contribution in [1.82, 2.24) is 4.57 Å². The lowest BCUT2D eigenvalue weighted by Gasteiger charge is -2.13. The Hall–Kier alpha value is -4.14. The molecule has 2 aromatic heterocycles. The molecule has 31 heavy (non-hydrogen) atoms. The topological polar surface area (TPSA) is 117 Å². The van der Waals surface area contributed by atoms with Crippen LogP contribution < -0.4 is 5.32 Å². The first-order valence-electron chi connectivity index (χ1n) is 9.66. The zero-order valence-corrected chi connectivity index (χ0v) is 16.8. The van der Waals surface area contributed by atoms with E-state index >= 15 is 0 Å². The average molecular weight is 421 g/mol. The number of furan rings is 1. The van der Waals surface area contributed by atoms with E-state index in [9.17, 15) is 19.7 Å². The number of amides is 1. The van der Waals surface area contributed by atoms with E-state index in [1.54, 1.807) is 6.07 Å². The lowest BCUT2D eigenvalue weighted by molar-refractivity contribution is -0.402. The van der Waals surface area contributed by atoms with Crippen LogP contribution in [0.4, 0.5) is 11.6 Å². The van der Waals surface area contributed by atoms with E-state index in [1.807, 2.05) is 30.3 Å². The number of carbonyl (C=O) groups excluding carboxylic acids is 2. The van der Waals surface area contributed by atoms with Gasteiger partial charge in [0.2, 0.25) is 5.76 Å². The van der Waals surface area contributed by atoms with E-state index in [0.29, 0.717) is 5.69 Å². The third kappa shape index (κ3) is 3.73. The lowest BCUT2D eigenvalue weighted by Crippen LogP contribution is -2.29. The quantitative estimate of drug-likeness (QED) is 0.278. The molecule has 0 radical (unpaired) electrons. The van der Waals surface area contributed by atoms with Crippen molar-refractivity contribution in [3.63, 3.8) is 0 Å². The third-order valence-electron chi connectivity index (χ3n) is 4.98. The minimum Gasteiger partial charge on any atom is -0.447 e. The lowest BCUT2D eigenvalue weighted by atomic mass is 10.1. The molecule has 158 valence electrons. The van der Waals surface area contributed by atoms with Crippen LogP contribution in [0.25, 0.3) is 21.8 Å². The van der Waals surface area contributed by atoms with Gasteiger partial charge in [-0.15, -0.1) is 0 Å². The molecule has 2 aromatic carbocycles. The fourth-order valence-electron chi connectivity index (χ4n) is 3.52. The maximum absolute atomic E-state index is 12.5. The summed E-state index contributed by atoms with van der Waals surface area (Å²) in [4.78, 5) is 34.5. The van der Waals surface area contributed by atoms with E-state index in [0.717, 1.165) is 40.5 Å². The Labute approximate surface area is 176 Å². The van der Waals surface area contributed by atoms with E-state index in [4.69, 9.17) is 9.15 Å². The van der Waals surface area contributed by atoms with Gasteiger partial charge in [-0.1, -0.05) is 18.2 Å². The number of rotatable bonds is 6. The summed E-state index contributed by atoms with van der Waals surface area (Å²) in [5, 5.41) is 15.5. The Morgan fingerprint density at radius 3 is 2.58 bits per heavy atom. The maximum Gasteiger partial charge on any atom is 0.433 e. The Balaban J connectivity index is 1.51. The number of para-hydroxylation sites is 1. The van der Waals surface area contributed by atoms with Crippen molar-refractivity contribution in [2.24, 2.45) is 0 Å². The van der Waals surface area contributed by atoms with Gasteiger partial charge in [-0.3, -0.25) is 14.9 Å². The molecular formula is C22H19N3O6. The monoisotopic (exact) mass is 421 g/mol. The minimum absolute atomic E-state index is 0.347. The summed E-state index contributed by atoms with van der Waals surface area (Å²) in [5.74, 6) is -2.42. The van der Waals surface area contributed by atoms with Gasteiger partial charge in [0.05, 0.1) is 6.07 Å². The standard InChI is InChI=1S/C22H19N3O6/c1-3-24-17-7-5-4-6-15(17)16-12-14(8-9-18(16)24)23-21(26)13(2)30-22(27)19-10-11-20(31-19)25(28)29/h4-13H,3H2,1-2H3,(H,23,26)/t13-/m0/s1. The van der Waals surface area contributed by atoms with Gasteiger partial charge >= 0.3 is 11.9 Å². The number of hydrogen-bond donors (Lipinski definition) is 1. The molecule has 0 bridgehead atoms. The fourth-order valence-corrected chi connectivity index (χ4v) is 3.52. The molecule has 9 heteroatoms. The molecule has 1 amide bonds. The van der Waals surface area contributed by atoms with Crippen LogP contribution in [0.2, 0.25) is 0 Å². The van der Waals surface area contributed by atoms with Gasteiger partial charge in [-0.2, -0.15) is 0 Å². The molecule has 0 fully saturated rings. The molecule has 0 saturated heterocycles. The van der Waals surface area contributed by atoms with Crippen LogP contribution >= 0.6 is 0 Å². The normalized spacial score (nSPS) is 12.1. The van der Waals surface area contributed by atoms with Crippen LogP contribution in [-0.4, -0.2) is 27.5 Å². The highest BCUT2D eigenvalue weighted by Crippen LogP contribution is 2.31. The molecule has 2 heterocycles. The third-order valence-corrected chi connectivity index (χ3v) is 4.98. The smallest absolute Gasteiger partial charge is 0.433 e. The molecule has 4 rings (SSSR count). The summed E-state index contributed by atoms with van der Waals surface area (Å²) in [6, 6.07) is 15.8. The Morgan fingerprint density at radius 1 is 1.13 bits per heavy atom. The van der Waals surface area contributed by atoms with Crippen molar-refractivity contribution >= 4 is 45.3 Å². The van der Waals surface area contributed by atoms with E-state index in [-0.39, 0.29) is 5.76 Å². The second kappa shape index (κ2) is 7.94. The molecule has 0 aliphatic carbocycles. The van der Waals surface area contributed by atoms with Gasteiger partial charge in [0.25, 0.3) is 5.91 Å². The van der Waals surface area contributed by atoms with Crippen LogP contribution in [0.15, 0.2) is 59.0 Å². The number of esters is 1. The number of nitrogens with zero attached hydrogens (tertiary/aromatic N) is 2. The molecule has 0 aliphatic rings. The molecule has 0 saturated carbocycles. The minimum atomic E-state index is -1.13. The zero-order valence-electron chi connectivity index (χ0n) is 16.8. The molecule has 4 aromatic rings. The number of ether oxygens (including phenoxy) is 1. The summed E-state index contributed by atoms with van der Waals surface area (Å²) in [6.45, 7) is 4.30. The zero-order chi connectivity index (χ0) is 22.1. The van der Waals surface area contributed by atoms with Crippen molar-refractivity contribution in [1.29, 1.82) is 0 Å². The number of aryl methyl sites for hydroxylation is 1. The van der Waals surface area contributed by atoms with Crippen molar-refractivity contribution in [3.05, 3.63) is 70.5 Å². The van der Waals surface area contributed by atoms with Crippen molar-refractivity contribution in [2.45, 2.75) is 26.5 Å². The Bertz CT molecular complexity index is 1320. The molecule has 1 N–H and O–H groups in total. The number of nitro groups is 1. The molecule has 1 atom stereocenters. The Kier molecular flexibility index (Phi) is 5.16. The van der Waals surface area contributed by atoms with Crippen LogP contribution in [0, 0.1) is 10.1 Å². The summed E-state index contributed by atoms with van der Waals surface area (Å²) in [7, 11) is 0. The summed E-state index contributed by atoms with van der Waals surface area (Å²) in [5.41, 5.74) is 2.73. The number of benzene rings is 2. The van der Waals surface area contributed by atoms with Crippen molar-refractivity contribution in [3.8, 4) is 0 Å². The first-order valence-corrected chi connectivity index (χ1v) is 9.66. The first-order chi connectivity index (χ1) is 14.9. The number of carbonyl (C=O) groups is 2. The van der Waals surface area contributed by atoms with Crippen LogP contribution in [-0.2, 0) is 16.1 Å². The summed E-state index contributed by atoms with van der Waals surface area (Å²) < 4.78 is 12.1.